The van der Waals surface area contributed by atoms with Gasteiger partial charge in [-0.2, -0.15) is 0 Å². The minimum absolute atomic E-state index is 0. The van der Waals surface area contributed by atoms with E-state index in [1.807, 2.05) is 0 Å². The quantitative estimate of drug-likeness (QED) is 0.609. The van der Waals surface area contributed by atoms with E-state index < -0.39 is 0 Å². The van der Waals surface area contributed by atoms with E-state index in [1.165, 1.54) is 0 Å². The largest absolute Gasteiger partial charge is 0.305 e. The van der Waals surface area contributed by atoms with Crippen molar-refractivity contribution in [1.29, 1.82) is 0 Å². The zero-order chi connectivity index (χ0) is 6.62. The van der Waals surface area contributed by atoms with Gasteiger partial charge in [-0.1, -0.05) is 20.8 Å². The van der Waals surface area contributed by atoms with Crippen LogP contribution in [0.25, 0.3) is 0 Å². The summed E-state index contributed by atoms with van der Waals surface area (Å²) in [6, 6.07) is 0. The van der Waals surface area contributed by atoms with Crippen LogP contribution in [0, 0.1) is 5.41 Å². The van der Waals surface area contributed by atoms with Gasteiger partial charge in [-0.3, -0.25) is 0 Å². The Morgan fingerprint density at radius 1 is 1.33 bits per heavy atom. The zero-order valence-corrected chi connectivity index (χ0v) is 7.34. The second-order valence-corrected chi connectivity index (χ2v) is 3.09. The monoisotopic (exact) mass is 153 g/mol. The van der Waals surface area contributed by atoms with Crippen molar-refractivity contribution in [2.24, 2.45) is 5.41 Å². The van der Waals surface area contributed by atoms with Crippen molar-refractivity contribution in [2.45, 2.75) is 20.8 Å². The first-order chi connectivity index (χ1) is 3.56. The van der Waals surface area contributed by atoms with E-state index in [2.05, 4.69) is 31.1 Å². The zero-order valence-electron chi connectivity index (χ0n) is 6.52. The lowest BCUT2D eigenvalue weighted by Crippen LogP contribution is -2.25. The predicted molar refractivity (Wildman–Crippen MR) is 41.7 cm³/mol. The second kappa shape index (κ2) is 5.03. The molecule has 0 radical (unpaired) electrons. The maximum Gasteiger partial charge on any atom is 0.0572 e. The molecule has 0 fully saturated rings. The SMILES string of the molecule is CONCC(C)(C)C.Cl. The number of halogens is 1. The lowest BCUT2D eigenvalue weighted by Gasteiger charge is -2.16. The molecule has 1 N–H and O–H groups in total. The van der Waals surface area contributed by atoms with Crippen molar-refractivity contribution < 1.29 is 4.84 Å². The molecule has 0 spiro atoms. The van der Waals surface area contributed by atoms with E-state index >= 15 is 0 Å². The number of hydrogen-bond donors (Lipinski definition) is 1. The highest BCUT2D eigenvalue weighted by atomic mass is 35.5. The maximum absolute atomic E-state index is 4.67. The molecule has 0 aliphatic rings. The van der Waals surface area contributed by atoms with Gasteiger partial charge in [0.2, 0.25) is 0 Å². The van der Waals surface area contributed by atoms with Gasteiger partial charge >= 0.3 is 0 Å². The highest BCUT2D eigenvalue weighted by Crippen LogP contribution is 2.09. The van der Waals surface area contributed by atoms with Crippen LogP contribution in [0.4, 0.5) is 0 Å². The van der Waals surface area contributed by atoms with E-state index in [4.69, 9.17) is 0 Å². The molecule has 2 nitrogen and oxygen atoms in total. The Hall–Kier alpha value is 0.210. The summed E-state index contributed by atoms with van der Waals surface area (Å²) in [5.41, 5.74) is 3.10. The highest BCUT2D eigenvalue weighted by Gasteiger charge is 2.07. The number of nitrogens with one attached hydrogen (secondary N) is 1. The molecule has 9 heavy (non-hydrogen) atoms. The Labute approximate surface area is 63.3 Å². The molecule has 0 aliphatic heterocycles. The molecule has 0 saturated carbocycles. The fraction of sp³-hybridized carbons (Fsp3) is 1.00. The number of hydroxylamine groups is 1. The molecule has 0 heterocycles. The van der Waals surface area contributed by atoms with Crippen LogP contribution >= 0.6 is 12.4 Å². The third-order valence-electron chi connectivity index (χ3n) is 0.747. The van der Waals surface area contributed by atoms with E-state index in [0.29, 0.717) is 5.41 Å². The van der Waals surface area contributed by atoms with Crippen molar-refractivity contribution in [3.05, 3.63) is 0 Å². The molecular formula is C6H16ClNO. The Morgan fingerprint density at radius 2 is 1.78 bits per heavy atom. The molecule has 3 heteroatoms. The van der Waals surface area contributed by atoms with Gasteiger partial charge in [0.05, 0.1) is 7.11 Å². The molecule has 0 bridgehead atoms. The van der Waals surface area contributed by atoms with Gasteiger partial charge in [-0.05, 0) is 5.41 Å². The van der Waals surface area contributed by atoms with Gasteiger partial charge in [0.1, 0.15) is 0 Å². The van der Waals surface area contributed by atoms with E-state index in [9.17, 15) is 0 Å². The van der Waals surface area contributed by atoms with Gasteiger partial charge in [0.15, 0.2) is 0 Å². The van der Waals surface area contributed by atoms with E-state index in [1.54, 1.807) is 7.11 Å². The van der Waals surface area contributed by atoms with Crippen LogP contribution < -0.4 is 5.48 Å². The summed E-state index contributed by atoms with van der Waals surface area (Å²) >= 11 is 0. The van der Waals surface area contributed by atoms with Crippen LogP contribution in [0.5, 0.6) is 0 Å². The minimum atomic E-state index is 0. The average molecular weight is 154 g/mol. The summed E-state index contributed by atoms with van der Waals surface area (Å²) in [7, 11) is 1.63. The molecule has 0 amide bonds. The normalized spacial score (nSPS) is 10.7. The lowest BCUT2D eigenvalue weighted by atomic mass is 9.98. The second-order valence-electron chi connectivity index (χ2n) is 3.09. The van der Waals surface area contributed by atoms with E-state index in [0.717, 1.165) is 6.54 Å². The van der Waals surface area contributed by atoms with Crippen LogP contribution in [-0.2, 0) is 4.84 Å². The lowest BCUT2D eigenvalue weighted by molar-refractivity contribution is 0.0684. The number of rotatable bonds is 2. The highest BCUT2D eigenvalue weighted by molar-refractivity contribution is 5.85. The summed E-state index contributed by atoms with van der Waals surface area (Å²) in [5.74, 6) is 0. The first kappa shape index (κ1) is 11.9. The van der Waals surface area contributed by atoms with Crippen LogP contribution in [0.15, 0.2) is 0 Å². The molecule has 0 aromatic heterocycles. The Kier molecular flexibility index (Phi) is 6.68. The molecule has 0 aliphatic carbocycles. The summed E-state index contributed by atoms with van der Waals surface area (Å²) in [6.07, 6.45) is 0. The van der Waals surface area contributed by atoms with Gasteiger partial charge < -0.3 is 4.84 Å². The molecule has 58 valence electrons. The smallest absolute Gasteiger partial charge is 0.0572 e. The molecule has 0 aromatic carbocycles. The van der Waals surface area contributed by atoms with Gasteiger partial charge in [0, 0.05) is 6.54 Å². The van der Waals surface area contributed by atoms with Crippen molar-refractivity contribution >= 4 is 12.4 Å². The average Bonchev–Trinajstić information content (AvgIpc) is 1.59. The Balaban J connectivity index is 0. The molecule has 0 aromatic rings. The topological polar surface area (TPSA) is 21.3 Å². The van der Waals surface area contributed by atoms with Crippen LogP contribution in [-0.4, -0.2) is 13.7 Å². The summed E-state index contributed by atoms with van der Waals surface area (Å²) in [5, 5.41) is 0. The molecule has 0 saturated heterocycles. The molecule has 0 atom stereocenters. The summed E-state index contributed by atoms with van der Waals surface area (Å²) < 4.78 is 0. The third kappa shape index (κ3) is 11.7. The third-order valence-corrected chi connectivity index (χ3v) is 0.747. The van der Waals surface area contributed by atoms with Crippen molar-refractivity contribution in [3.63, 3.8) is 0 Å². The fourth-order valence-corrected chi connectivity index (χ4v) is 0.289. The van der Waals surface area contributed by atoms with Gasteiger partial charge in [-0.15, -0.1) is 12.4 Å². The molecular weight excluding hydrogens is 138 g/mol. The van der Waals surface area contributed by atoms with Crippen LogP contribution in [0.3, 0.4) is 0 Å². The Morgan fingerprint density at radius 3 is 1.89 bits per heavy atom. The predicted octanol–water partition coefficient (Wildman–Crippen LogP) is 1.61. The van der Waals surface area contributed by atoms with Crippen molar-refractivity contribution in [3.8, 4) is 0 Å². The van der Waals surface area contributed by atoms with E-state index in [-0.39, 0.29) is 12.4 Å². The van der Waals surface area contributed by atoms with Crippen LogP contribution in [0.1, 0.15) is 20.8 Å². The van der Waals surface area contributed by atoms with Crippen molar-refractivity contribution in [2.75, 3.05) is 13.7 Å². The minimum Gasteiger partial charge on any atom is -0.305 e. The maximum atomic E-state index is 4.67. The first-order valence-corrected chi connectivity index (χ1v) is 2.82. The fourth-order valence-electron chi connectivity index (χ4n) is 0.289. The molecule has 0 rings (SSSR count). The summed E-state index contributed by atoms with van der Waals surface area (Å²) in [4.78, 5) is 4.67. The van der Waals surface area contributed by atoms with Crippen molar-refractivity contribution in [1.82, 2.24) is 5.48 Å². The first-order valence-electron chi connectivity index (χ1n) is 2.82. The van der Waals surface area contributed by atoms with Crippen LogP contribution in [0.2, 0.25) is 0 Å². The molecule has 0 unspecified atom stereocenters. The number of hydrogen-bond acceptors (Lipinski definition) is 2. The summed E-state index contributed by atoms with van der Waals surface area (Å²) in [6.45, 7) is 7.35. The van der Waals surface area contributed by atoms with Gasteiger partial charge in [-0.25, -0.2) is 5.48 Å². The standard InChI is InChI=1S/C6H15NO.ClH/c1-6(2,3)5-7-8-4;/h7H,5H2,1-4H3;1H. The Bertz CT molecular complexity index is 60.6. The van der Waals surface area contributed by atoms with Gasteiger partial charge in [0.25, 0.3) is 0 Å².